The first kappa shape index (κ1) is 19.3. The van der Waals surface area contributed by atoms with E-state index in [2.05, 4.69) is 5.32 Å². The van der Waals surface area contributed by atoms with Gasteiger partial charge in [-0.25, -0.2) is 8.42 Å². The SMILES string of the molecule is O=C(CCS(=O)(=O)C1CCCC1)NCc1cc(Cl)c2c(c1)OCCCO2. The van der Waals surface area contributed by atoms with Gasteiger partial charge in [0.2, 0.25) is 5.91 Å². The van der Waals surface area contributed by atoms with Crippen molar-refractivity contribution >= 4 is 27.3 Å². The Morgan fingerprint density at radius 1 is 1.15 bits per heavy atom. The minimum absolute atomic E-state index is 0.0167. The van der Waals surface area contributed by atoms with Crippen molar-refractivity contribution in [2.24, 2.45) is 0 Å². The van der Waals surface area contributed by atoms with E-state index in [1.165, 1.54) is 0 Å². The van der Waals surface area contributed by atoms with Gasteiger partial charge in [-0.1, -0.05) is 24.4 Å². The zero-order valence-corrected chi connectivity index (χ0v) is 16.2. The second-order valence-corrected chi connectivity index (χ2v) is 9.56. The number of amides is 1. The average molecular weight is 402 g/mol. The van der Waals surface area contributed by atoms with Gasteiger partial charge in [-0.05, 0) is 30.5 Å². The lowest BCUT2D eigenvalue weighted by Crippen LogP contribution is -2.28. The first-order valence-electron chi connectivity index (χ1n) is 9.02. The first-order chi connectivity index (χ1) is 12.5. The molecular formula is C18H24ClNO5S. The van der Waals surface area contributed by atoms with Gasteiger partial charge in [-0.15, -0.1) is 0 Å². The van der Waals surface area contributed by atoms with Crippen molar-refractivity contribution in [2.45, 2.75) is 50.3 Å². The van der Waals surface area contributed by atoms with E-state index in [1.807, 2.05) is 0 Å². The van der Waals surface area contributed by atoms with Crippen molar-refractivity contribution in [2.75, 3.05) is 19.0 Å². The first-order valence-corrected chi connectivity index (χ1v) is 11.1. The largest absolute Gasteiger partial charge is 0.489 e. The molecule has 1 amide bonds. The Bertz CT molecular complexity index is 759. The van der Waals surface area contributed by atoms with Gasteiger partial charge in [0.25, 0.3) is 0 Å². The Morgan fingerprint density at radius 3 is 2.65 bits per heavy atom. The minimum Gasteiger partial charge on any atom is -0.489 e. The third-order valence-electron chi connectivity index (χ3n) is 4.78. The summed E-state index contributed by atoms with van der Waals surface area (Å²) in [5, 5.41) is 2.93. The van der Waals surface area contributed by atoms with E-state index in [9.17, 15) is 13.2 Å². The molecule has 26 heavy (non-hydrogen) atoms. The molecule has 1 N–H and O–H groups in total. The number of sulfone groups is 1. The fourth-order valence-electron chi connectivity index (χ4n) is 3.32. The van der Waals surface area contributed by atoms with Gasteiger partial charge in [-0.3, -0.25) is 4.79 Å². The second-order valence-electron chi connectivity index (χ2n) is 6.76. The summed E-state index contributed by atoms with van der Waals surface area (Å²) >= 11 is 6.23. The van der Waals surface area contributed by atoms with Crippen molar-refractivity contribution in [3.63, 3.8) is 0 Å². The van der Waals surface area contributed by atoms with Gasteiger partial charge >= 0.3 is 0 Å². The number of halogens is 1. The molecule has 6 nitrogen and oxygen atoms in total. The van der Waals surface area contributed by atoms with Crippen LogP contribution in [0, 0.1) is 0 Å². The van der Waals surface area contributed by atoms with E-state index in [1.54, 1.807) is 12.1 Å². The minimum atomic E-state index is -3.18. The highest BCUT2D eigenvalue weighted by atomic mass is 35.5. The van der Waals surface area contributed by atoms with Gasteiger partial charge in [0.05, 0.1) is 29.2 Å². The molecule has 1 aliphatic carbocycles. The Balaban J connectivity index is 1.53. The third kappa shape index (κ3) is 4.82. The molecule has 1 saturated carbocycles. The lowest BCUT2D eigenvalue weighted by atomic mass is 10.2. The fourth-order valence-corrected chi connectivity index (χ4v) is 5.47. The van der Waals surface area contributed by atoms with E-state index in [4.69, 9.17) is 21.1 Å². The summed E-state index contributed by atoms with van der Waals surface area (Å²) in [5.41, 5.74) is 0.784. The van der Waals surface area contributed by atoms with E-state index < -0.39 is 9.84 Å². The summed E-state index contributed by atoms with van der Waals surface area (Å²) in [6, 6.07) is 3.52. The molecule has 1 aromatic rings. The molecule has 3 rings (SSSR count). The molecule has 1 fully saturated rings. The van der Waals surface area contributed by atoms with Crippen LogP contribution in [0.4, 0.5) is 0 Å². The van der Waals surface area contributed by atoms with Crippen LogP contribution in [0.3, 0.4) is 0 Å². The Kier molecular flexibility index (Phi) is 6.29. The average Bonchev–Trinajstić information content (AvgIpc) is 3.05. The molecule has 0 aromatic heterocycles. The predicted molar refractivity (Wildman–Crippen MR) is 99.6 cm³/mol. The van der Waals surface area contributed by atoms with Gasteiger partial charge in [0.1, 0.15) is 0 Å². The van der Waals surface area contributed by atoms with Crippen molar-refractivity contribution in [3.05, 3.63) is 22.7 Å². The summed E-state index contributed by atoms with van der Waals surface area (Å²) in [6.07, 6.45) is 4.13. The maximum atomic E-state index is 12.2. The van der Waals surface area contributed by atoms with Gasteiger partial charge in [0, 0.05) is 19.4 Å². The molecule has 144 valence electrons. The topological polar surface area (TPSA) is 81.7 Å². The molecule has 0 saturated heterocycles. The molecule has 1 aromatic carbocycles. The highest BCUT2D eigenvalue weighted by molar-refractivity contribution is 7.92. The molecule has 1 heterocycles. The standard InChI is InChI=1S/C18H24ClNO5S/c19-15-10-13(11-16-18(15)25-8-3-7-24-16)12-20-17(21)6-9-26(22,23)14-4-1-2-5-14/h10-11,14H,1-9,12H2,(H,20,21). The number of hydrogen-bond acceptors (Lipinski definition) is 5. The Labute approximate surface area is 159 Å². The third-order valence-corrected chi connectivity index (χ3v) is 7.32. The number of carbonyl (C=O) groups excluding carboxylic acids is 1. The summed E-state index contributed by atoms with van der Waals surface area (Å²) in [6.45, 7) is 1.37. The monoisotopic (exact) mass is 401 g/mol. The lowest BCUT2D eigenvalue weighted by molar-refractivity contribution is -0.120. The number of hydrogen-bond donors (Lipinski definition) is 1. The summed E-state index contributed by atoms with van der Waals surface area (Å²) in [7, 11) is -3.18. The van der Waals surface area contributed by atoms with Crippen LogP contribution < -0.4 is 14.8 Å². The Hall–Kier alpha value is -1.47. The number of fused-ring (bicyclic) bond motifs is 1. The smallest absolute Gasteiger partial charge is 0.221 e. The lowest BCUT2D eigenvalue weighted by Gasteiger charge is -2.13. The maximum Gasteiger partial charge on any atom is 0.221 e. The molecule has 0 atom stereocenters. The molecular weight excluding hydrogens is 378 g/mol. The summed E-state index contributed by atoms with van der Waals surface area (Å²) in [4.78, 5) is 12.0. The molecule has 0 radical (unpaired) electrons. The highest BCUT2D eigenvalue weighted by Gasteiger charge is 2.28. The van der Waals surface area contributed by atoms with Crippen LogP contribution in [0.1, 0.15) is 44.1 Å². The van der Waals surface area contributed by atoms with Crippen molar-refractivity contribution in [1.82, 2.24) is 5.32 Å². The van der Waals surface area contributed by atoms with Crippen LogP contribution in [0.2, 0.25) is 5.02 Å². The fraction of sp³-hybridized carbons (Fsp3) is 0.611. The normalized spacial score (nSPS) is 17.7. The quantitative estimate of drug-likeness (QED) is 0.792. The molecule has 1 aliphatic heterocycles. The van der Waals surface area contributed by atoms with Crippen molar-refractivity contribution < 1.29 is 22.7 Å². The van der Waals surface area contributed by atoms with E-state index >= 15 is 0 Å². The molecule has 0 bridgehead atoms. The van der Waals surface area contributed by atoms with Gasteiger partial charge < -0.3 is 14.8 Å². The van der Waals surface area contributed by atoms with Crippen LogP contribution in [-0.4, -0.2) is 38.5 Å². The van der Waals surface area contributed by atoms with Crippen molar-refractivity contribution in [3.8, 4) is 11.5 Å². The van der Waals surface area contributed by atoms with Gasteiger partial charge in [-0.2, -0.15) is 0 Å². The number of nitrogens with one attached hydrogen (secondary N) is 1. The summed E-state index contributed by atoms with van der Waals surface area (Å²) in [5.74, 6) is 0.727. The molecule has 0 unspecified atom stereocenters. The zero-order valence-electron chi connectivity index (χ0n) is 14.6. The number of rotatable bonds is 6. The Morgan fingerprint density at radius 2 is 1.88 bits per heavy atom. The second kappa shape index (κ2) is 8.48. The van der Waals surface area contributed by atoms with E-state index in [-0.39, 0.29) is 29.9 Å². The van der Waals surface area contributed by atoms with Crippen LogP contribution in [0.25, 0.3) is 0 Å². The predicted octanol–water partition coefficient (Wildman–Crippen LogP) is 2.87. The van der Waals surface area contributed by atoms with E-state index in [0.717, 1.165) is 37.7 Å². The number of carbonyl (C=O) groups is 1. The van der Waals surface area contributed by atoms with Crippen LogP contribution in [0.15, 0.2) is 12.1 Å². The highest BCUT2D eigenvalue weighted by Crippen LogP contribution is 2.38. The van der Waals surface area contributed by atoms with E-state index in [0.29, 0.717) is 29.7 Å². The molecule has 2 aliphatic rings. The number of benzene rings is 1. The van der Waals surface area contributed by atoms with Crippen LogP contribution in [-0.2, 0) is 21.2 Å². The molecule has 8 heteroatoms. The zero-order chi connectivity index (χ0) is 18.6. The van der Waals surface area contributed by atoms with Crippen molar-refractivity contribution in [1.29, 1.82) is 0 Å². The summed E-state index contributed by atoms with van der Waals surface area (Å²) < 4.78 is 35.6. The van der Waals surface area contributed by atoms with Gasteiger partial charge in [0.15, 0.2) is 21.3 Å². The maximum absolute atomic E-state index is 12.2. The van der Waals surface area contributed by atoms with Crippen LogP contribution in [0.5, 0.6) is 11.5 Å². The van der Waals surface area contributed by atoms with Crippen LogP contribution >= 0.6 is 11.6 Å². The number of ether oxygens (including phenoxy) is 2. The molecule has 0 spiro atoms.